The van der Waals surface area contributed by atoms with E-state index >= 15 is 0 Å². The van der Waals surface area contributed by atoms with Crippen molar-refractivity contribution in [3.8, 4) is 0 Å². The van der Waals surface area contributed by atoms with Crippen molar-refractivity contribution in [1.29, 1.82) is 0 Å². The zero-order valence-corrected chi connectivity index (χ0v) is 13.5. The molecule has 0 aromatic carbocycles. The average molecular weight is 295 g/mol. The maximum Gasteiger partial charge on any atom is 0.0900 e. The van der Waals surface area contributed by atoms with Crippen LogP contribution < -0.4 is 5.32 Å². The average Bonchev–Trinajstić information content (AvgIpc) is 3.01. The van der Waals surface area contributed by atoms with Gasteiger partial charge in [0.15, 0.2) is 0 Å². The Bertz CT molecular complexity index is 462. The van der Waals surface area contributed by atoms with Crippen molar-refractivity contribution in [3.05, 3.63) is 15.6 Å². The molecule has 5 heteroatoms. The third kappa shape index (κ3) is 3.06. The Labute approximate surface area is 125 Å². The van der Waals surface area contributed by atoms with Gasteiger partial charge in [-0.25, -0.2) is 4.98 Å². The SMILES string of the molecule is Cc1nc(C)c(C(C)NCC2CN3CCCC3CO2)s1. The van der Waals surface area contributed by atoms with E-state index < -0.39 is 0 Å². The molecular formula is C15H25N3OS. The minimum Gasteiger partial charge on any atom is -0.374 e. The fourth-order valence-corrected chi connectivity index (χ4v) is 4.31. The molecule has 0 spiro atoms. The van der Waals surface area contributed by atoms with Crippen LogP contribution in [0, 0.1) is 13.8 Å². The highest BCUT2D eigenvalue weighted by atomic mass is 32.1. The summed E-state index contributed by atoms with van der Waals surface area (Å²) in [7, 11) is 0. The summed E-state index contributed by atoms with van der Waals surface area (Å²) in [5.41, 5.74) is 1.16. The summed E-state index contributed by atoms with van der Waals surface area (Å²) in [6, 6.07) is 1.05. The van der Waals surface area contributed by atoms with Crippen molar-refractivity contribution in [2.45, 2.75) is 51.8 Å². The minimum absolute atomic E-state index is 0.334. The second-order valence-electron chi connectivity index (χ2n) is 6.06. The molecule has 20 heavy (non-hydrogen) atoms. The van der Waals surface area contributed by atoms with E-state index in [0.29, 0.717) is 18.2 Å². The predicted octanol–water partition coefficient (Wildman–Crippen LogP) is 2.27. The molecule has 1 aromatic heterocycles. The van der Waals surface area contributed by atoms with Crippen molar-refractivity contribution >= 4 is 11.3 Å². The lowest BCUT2D eigenvalue weighted by Crippen LogP contribution is -2.49. The highest BCUT2D eigenvalue weighted by Crippen LogP contribution is 2.25. The maximum atomic E-state index is 6.00. The quantitative estimate of drug-likeness (QED) is 0.925. The summed E-state index contributed by atoms with van der Waals surface area (Å²) < 4.78 is 6.00. The van der Waals surface area contributed by atoms with Crippen LogP contribution in [0.1, 0.15) is 41.4 Å². The molecule has 0 radical (unpaired) electrons. The van der Waals surface area contributed by atoms with Gasteiger partial charge in [-0.3, -0.25) is 4.90 Å². The monoisotopic (exact) mass is 295 g/mol. The van der Waals surface area contributed by atoms with E-state index in [2.05, 4.69) is 36.0 Å². The molecule has 3 rings (SSSR count). The van der Waals surface area contributed by atoms with Gasteiger partial charge in [-0.15, -0.1) is 11.3 Å². The zero-order chi connectivity index (χ0) is 14.1. The molecular weight excluding hydrogens is 270 g/mol. The summed E-state index contributed by atoms with van der Waals surface area (Å²) in [5.74, 6) is 0. The highest BCUT2D eigenvalue weighted by Gasteiger charge is 2.32. The highest BCUT2D eigenvalue weighted by molar-refractivity contribution is 7.11. The van der Waals surface area contributed by atoms with Gasteiger partial charge in [-0.1, -0.05) is 0 Å². The van der Waals surface area contributed by atoms with Crippen LogP contribution in [-0.2, 0) is 4.74 Å². The van der Waals surface area contributed by atoms with E-state index in [-0.39, 0.29) is 0 Å². The van der Waals surface area contributed by atoms with E-state index in [4.69, 9.17) is 4.74 Å². The molecule has 3 heterocycles. The summed E-state index contributed by atoms with van der Waals surface area (Å²) >= 11 is 1.80. The summed E-state index contributed by atoms with van der Waals surface area (Å²) in [6.07, 6.45) is 2.99. The number of hydrogen-bond donors (Lipinski definition) is 1. The maximum absolute atomic E-state index is 6.00. The van der Waals surface area contributed by atoms with Crippen LogP contribution in [0.15, 0.2) is 0 Å². The molecule has 2 aliphatic rings. The number of aryl methyl sites for hydroxylation is 2. The molecule has 2 fully saturated rings. The molecule has 0 saturated carbocycles. The van der Waals surface area contributed by atoms with Gasteiger partial charge < -0.3 is 10.1 Å². The van der Waals surface area contributed by atoms with E-state index in [1.165, 1.54) is 24.3 Å². The molecule has 0 aliphatic carbocycles. The summed E-state index contributed by atoms with van der Waals surface area (Å²) in [4.78, 5) is 8.47. The Morgan fingerprint density at radius 1 is 1.50 bits per heavy atom. The number of aromatic nitrogens is 1. The third-order valence-electron chi connectivity index (χ3n) is 4.45. The lowest BCUT2D eigenvalue weighted by Gasteiger charge is -2.35. The second-order valence-corrected chi connectivity index (χ2v) is 7.29. The van der Waals surface area contributed by atoms with E-state index in [1.54, 1.807) is 11.3 Å². The van der Waals surface area contributed by atoms with Crippen LogP contribution >= 0.6 is 11.3 Å². The predicted molar refractivity (Wildman–Crippen MR) is 82.3 cm³/mol. The first-order valence-corrected chi connectivity index (χ1v) is 8.48. The summed E-state index contributed by atoms with van der Waals surface area (Å²) in [5, 5.41) is 4.77. The van der Waals surface area contributed by atoms with Crippen LogP contribution in [-0.4, -0.2) is 48.3 Å². The van der Waals surface area contributed by atoms with E-state index in [9.17, 15) is 0 Å². The Morgan fingerprint density at radius 3 is 3.10 bits per heavy atom. The van der Waals surface area contributed by atoms with Gasteiger partial charge in [0.25, 0.3) is 0 Å². The third-order valence-corrected chi connectivity index (χ3v) is 5.70. The molecule has 0 amide bonds. The van der Waals surface area contributed by atoms with Crippen molar-refractivity contribution < 1.29 is 4.74 Å². The second kappa shape index (κ2) is 6.10. The van der Waals surface area contributed by atoms with Crippen LogP contribution in [0.25, 0.3) is 0 Å². The van der Waals surface area contributed by atoms with E-state index in [1.807, 2.05) is 0 Å². The Kier molecular flexibility index (Phi) is 4.40. The molecule has 3 atom stereocenters. The number of ether oxygens (including phenoxy) is 1. The van der Waals surface area contributed by atoms with Gasteiger partial charge in [0, 0.05) is 30.1 Å². The van der Waals surface area contributed by atoms with Crippen LogP contribution in [0.4, 0.5) is 0 Å². The Hall–Kier alpha value is -0.490. The number of thiazole rings is 1. The first kappa shape index (κ1) is 14.4. The molecule has 1 aromatic rings. The van der Waals surface area contributed by atoms with Crippen LogP contribution in [0.3, 0.4) is 0 Å². The lowest BCUT2D eigenvalue weighted by molar-refractivity contribution is -0.0477. The van der Waals surface area contributed by atoms with Gasteiger partial charge in [0.1, 0.15) is 0 Å². The van der Waals surface area contributed by atoms with Gasteiger partial charge >= 0.3 is 0 Å². The number of hydrogen-bond acceptors (Lipinski definition) is 5. The normalized spacial score (nSPS) is 28.6. The first-order chi connectivity index (χ1) is 9.63. The van der Waals surface area contributed by atoms with Crippen molar-refractivity contribution in [2.24, 2.45) is 0 Å². The van der Waals surface area contributed by atoms with E-state index in [0.717, 1.165) is 30.4 Å². The van der Waals surface area contributed by atoms with Crippen molar-refractivity contribution in [2.75, 3.05) is 26.2 Å². The molecule has 2 aliphatic heterocycles. The Balaban J connectivity index is 1.50. The molecule has 3 unspecified atom stereocenters. The number of rotatable bonds is 4. The number of nitrogens with zero attached hydrogens (tertiary/aromatic N) is 2. The van der Waals surface area contributed by atoms with Crippen molar-refractivity contribution in [1.82, 2.24) is 15.2 Å². The van der Waals surface area contributed by atoms with Gasteiger partial charge in [0.2, 0.25) is 0 Å². The topological polar surface area (TPSA) is 37.4 Å². The number of morpholine rings is 1. The van der Waals surface area contributed by atoms with Gasteiger partial charge in [-0.2, -0.15) is 0 Å². The van der Waals surface area contributed by atoms with Gasteiger partial charge in [0.05, 0.1) is 23.4 Å². The Morgan fingerprint density at radius 2 is 2.35 bits per heavy atom. The van der Waals surface area contributed by atoms with Crippen LogP contribution in [0.5, 0.6) is 0 Å². The molecule has 112 valence electrons. The molecule has 2 saturated heterocycles. The molecule has 4 nitrogen and oxygen atoms in total. The number of nitrogens with one attached hydrogen (secondary N) is 1. The minimum atomic E-state index is 0.334. The largest absolute Gasteiger partial charge is 0.374 e. The standard InChI is InChI=1S/C15H25N3OS/c1-10(15-11(2)17-12(3)20-15)16-7-14-8-18-6-4-5-13(18)9-19-14/h10,13-14,16H,4-9H2,1-3H3. The fraction of sp³-hybridized carbons (Fsp3) is 0.800. The number of fused-ring (bicyclic) bond motifs is 1. The smallest absolute Gasteiger partial charge is 0.0900 e. The fourth-order valence-electron chi connectivity index (χ4n) is 3.36. The van der Waals surface area contributed by atoms with Crippen LogP contribution in [0.2, 0.25) is 0 Å². The first-order valence-electron chi connectivity index (χ1n) is 7.66. The summed E-state index contributed by atoms with van der Waals surface area (Å²) in [6.45, 7) is 10.6. The zero-order valence-electron chi connectivity index (χ0n) is 12.7. The molecule has 0 bridgehead atoms. The lowest BCUT2D eigenvalue weighted by atomic mass is 10.1. The van der Waals surface area contributed by atoms with Crippen molar-refractivity contribution in [3.63, 3.8) is 0 Å². The molecule has 1 N–H and O–H groups in total. The van der Waals surface area contributed by atoms with Gasteiger partial charge in [-0.05, 0) is 40.2 Å².